The van der Waals surface area contributed by atoms with Gasteiger partial charge in [-0.2, -0.15) is 0 Å². The lowest BCUT2D eigenvalue weighted by Gasteiger charge is -2.33. The topological polar surface area (TPSA) is 32.8 Å². The van der Waals surface area contributed by atoms with Gasteiger partial charge in [0.25, 0.3) is 0 Å². The first-order valence-corrected chi connectivity index (χ1v) is 7.71. The first kappa shape index (κ1) is 15.8. The summed E-state index contributed by atoms with van der Waals surface area (Å²) in [5.74, 6) is 1.01. The molecule has 1 heterocycles. The Kier molecular flexibility index (Phi) is 5.62. The van der Waals surface area contributed by atoms with Gasteiger partial charge in [0.2, 0.25) is 5.91 Å². The molecule has 1 aliphatic rings. The zero-order chi connectivity index (χ0) is 15.2. The van der Waals surface area contributed by atoms with Crippen LogP contribution in [-0.2, 0) is 11.3 Å². The van der Waals surface area contributed by atoms with E-state index in [1.165, 1.54) is 19.3 Å². The second kappa shape index (κ2) is 7.46. The van der Waals surface area contributed by atoms with Gasteiger partial charge in [0.05, 0.1) is 13.7 Å². The van der Waals surface area contributed by atoms with Crippen LogP contribution in [0, 0.1) is 0 Å². The lowest BCUT2D eigenvalue weighted by molar-refractivity contribution is -0.132. The molecule has 0 aromatic heterocycles. The summed E-state index contributed by atoms with van der Waals surface area (Å²) in [6.07, 6.45) is 3.68. The Hall–Kier alpha value is -1.55. The van der Waals surface area contributed by atoms with E-state index in [4.69, 9.17) is 4.74 Å². The van der Waals surface area contributed by atoms with Crippen LogP contribution < -0.4 is 4.74 Å². The summed E-state index contributed by atoms with van der Waals surface area (Å²) in [5.41, 5.74) is 1.04. The smallest absolute Gasteiger partial charge is 0.236 e. The minimum atomic E-state index is 0.176. The minimum Gasteiger partial charge on any atom is -0.496 e. The number of nitrogens with zero attached hydrogens (tertiary/aromatic N) is 2. The number of para-hydroxylation sites is 1. The Morgan fingerprint density at radius 1 is 1.38 bits per heavy atom. The lowest BCUT2D eigenvalue weighted by Crippen LogP contribution is -2.44. The summed E-state index contributed by atoms with van der Waals surface area (Å²) >= 11 is 0. The van der Waals surface area contributed by atoms with Crippen molar-refractivity contribution in [3.63, 3.8) is 0 Å². The predicted octanol–water partition coefficient (Wildman–Crippen LogP) is 2.53. The van der Waals surface area contributed by atoms with E-state index in [1.54, 1.807) is 12.0 Å². The maximum Gasteiger partial charge on any atom is 0.236 e. The maximum atomic E-state index is 12.4. The SMILES string of the molecule is COc1ccccc1CN(C)C(=O)CN1CCCCC1C. The van der Waals surface area contributed by atoms with Crippen molar-refractivity contribution in [3.05, 3.63) is 29.8 Å². The van der Waals surface area contributed by atoms with Crippen LogP contribution in [0.5, 0.6) is 5.75 Å². The Morgan fingerprint density at radius 2 is 2.14 bits per heavy atom. The van der Waals surface area contributed by atoms with E-state index in [1.807, 2.05) is 31.3 Å². The van der Waals surface area contributed by atoms with Crippen molar-refractivity contribution in [1.29, 1.82) is 0 Å². The maximum absolute atomic E-state index is 12.4. The Labute approximate surface area is 127 Å². The molecule has 4 nitrogen and oxygen atoms in total. The van der Waals surface area contributed by atoms with Crippen LogP contribution in [0.15, 0.2) is 24.3 Å². The van der Waals surface area contributed by atoms with Gasteiger partial charge in [0, 0.05) is 25.2 Å². The molecule has 1 saturated heterocycles. The molecule has 1 aromatic carbocycles. The standard InChI is InChI=1S/C17H26N2O2/c1-14-8-6-7-11-19(14)13-17(20)18(2)12-15-9-4-5-10-16(15)21-3/h4-5,9-10,14H,6-8,11-13H2,1-3H3. The Morgan fingerprint density at radius 3 is 2.86 bits per heavy atom. The van der Waals surface area contributed by atoms with Gasteiger partial charge in [-0.25, -0.2) is 0 Å². The van der Waals surface area contributed by atoms with Gasteiger partial charge in [-0.3, -0.25) is 9.69 Å². The minimum absolute atomic E-state index is 0.176. The third-order valence-corrected chi connectivity index (χ3v) is 4.30. The number of ether oxygens (including phenoxy) is 1. The molecule has 4 heteroatoms. The van der Waals surface area contributed by atoms with Crippen molar-refractivity contribution in [3.8, 4) is 5.75 Å². The molecule has 0 radical (unpaired) electrons. The second-order valence-corrected chi connectivity index (χ2v) is 5.88. The molecule has 116 valence electrons. The number of carbonyl (C=O) groups excluding carboxylic acids is 1. The molecular formula is C17H26N2O2. The van der Waals surface area contributed by atoms with Gasteiger partial charge in [0.15, 0.2) is 0 Å². The Bertz CT molecular complexity index is 476. The summed E-state index contributed by atoms with van der Waals surface area (Å²) in [4.78, 5) is 16.5. The van der Waals surface area contributed by atoms with E-state index < -0.39 is 0 Å². The highest BCUT2D eigenvalue weighted by atomic mass is 16.5. The second-order valence-electron chi connectivity index (χ2n) is 5.88. The number of likely N-dealkylation sites (tertiary alicyclic amines) is 1. The normalized spacial score (nSPS) is 19.3. The molecule has 1 aromatic rings. The van der Waals surface area contributed by atoms with Crippen molar-refractivity contribution in [1.82, 2.24) is 9.80 Å². The van der Waals surface area contributed by atoms with Crippen LogP contribution in [0.2, 0.25) is 0 Å². The van der Waals surface area contributed by atoms with E-state index in [2.05, 4.69) is 11.8 Å². The Balaban J connectivity index is 1.93. The average Bonchev–Trinajstić information content (AvgIpc) is 2.50. The number of hydrogen-bond acceptors (Lipinski definition) is 3. The van der Waals surface area contributed by atoms with Gasteiger partial charge < -0.3 is 9.64 Å². The third kappa shape index (κ3) is 4.21. The fourth-order valence-electron chi connectivity index (χ4n) is 2.86. The number of hydrogen-bond donors (Lipinski definition) is 0. The van der Waals surface area contributed by atoms with E-state index in [-0.39, 0.29) is 5.91 Å². The summed E-state index contributed by atoms with van der Waals surface area (Å²) in [6.45, 7) is 4.36. The number of methoxy groups -OCH3 is 1. The molecule has 2 rings (SSSR count). The molecule has 0 N–H and O–H groups in total. The van der Waals surface area contributed by atoms with Crippen LogP contribution in [0.1, 0.15) is 31.7 Å². The number of piperidine rings is 1. The zero-order valence-corrected chi connectivity index (χ0v) is 13.3. The van der Waals surface area contributed by atoms with Gasteiger partial charge in [-0.15, -0.1) is 0 Å². The van der Waals surface area contributed by atoms with Crippen molar-refractivity contribution in [2.75, 3.05) is 27.2 Å². The highest BCUT2D eigenvalue weighted by Gasteiger charge is 2.22. The quantitative estimate of drug-likeness (QED) is 0.835. The van der Waals surface area contributed by atoms with E-state index in [0.717, 1.165) is 17.9 Å². The lowest BCUT2D eigenvalue weighted by atomic mass is 10.0. The highest BCUT2D eigenvalue weighted by Crippen LogP contribution is 2.20. The summed E-state index contributed by atoms with van der Waals surface area (Å²) in [7, 11) is 3.53. The molecule has 0 saturated carbocycles. The third-order valence-electron chi connectivity index (χ3n) is 4.30. The van der Waals surface area contributed by atoms with Gasteiger partial charge in [-0.05, 0) is 32.4 Å². The van der Waals surface area contributed by atoms with Crippen LogP contribution in [-0.4, -0.2) is 49.0 Å². The number of rotatable bonds is 5. The molecular weight excluding hydrogens is 264 g/mol. The zero-order valence-electron chi connectivity index (χ0n) is 13.3. The predicted molar refractivity (Wildman–Crippen MR) is 84.4 cm³/mol. The van der Waals surface area contributed by atoms with Crippen molar-refractivity contribution in [2.24, 2.45) is 0 Å². The van der Waals surface area contributed by atoms with Crippen LogP contribution in [0.3, 0.4) is 0 Å². The summed E-state index contributed by atoms with van der Waals surface area (Å²) < 4.78 is 5.34. The van der Waals surface area contributed by atoms with Crippen molar-refractivity contribution >= 4 is 5.91 Å². The van der Waals surface area contributed by atoms with Gasteiger partial charge in [0.1, 0.15) is 5.75 Å². The number of benzene rings is 1. The largest absolute Gasteiger partial charge is 0.496 e. The van der Waals surface area contributed by atoms with E-state index >= 15 is 0 Å². The van der Waals surface area contributed by atoms with Crippen LogP contribution in [0.25, 0.3) is 0 Å². The van der Waals surface area contributed by atoms with Crippen LogP contribution >= 0.6 is 0 Å². The van der Waals surface area contributed by atoms with Crippen molar-refractivity contribution < 1.29 is 9.53 Å². The molecule has 1 fully saturated rings. The summed E-state index contributed by atoms with van der Waals surface area (Å²) in [6, 6.07) is 8.37. The first-order valence-electron chi connectivity index (χ1n) is 7.71. The molecule has 0 aliphatic carbocycles. The fraction of sp³-hybridized carbons (Fsp3) is 0.588. The summed E-state index contributed by atoms with van der Waals surface area (Å²) in [5, 5.41) is 0. The molecule has 1 atom stereocenters. The average molecular weight is 290 g/mol. The molecule has 0 bridgehead atoms. The molecule has 0 spiro atoms. The number of likely N-dealkylation sites (N-methyl/N-ethyl adjacent to an activating group) is 1. The van der Waals surface area contributed by atoms with Gasteiger partial charge >= 0.3 is 0 Å². The fourth-order valence-corrected chi connectivity index (χ4v) is 2.86. The number of amides is 1. The molecule has 1 unspecified atom stereocenters. The molecule has 21 heavy (non-hydrogen) atoms. The van der Waals surface area contributed by atoms with Crippen LogP contribution in [0.4, 0.5) is 0 Å². The van der Waals surface area contributed by atoms with E-state index in [9.17, 15) is 4.79 Å². The molecule has 1 aliphatic heterocycles. The monoisotopic (exact) mass is 290 g/mol. The molecule has 1 amide bonds. The van der Waals surface area contributed by atoms with Crippen molar-refractivity contribution in [2.45, 2.75) is 38.8 Å². The first-order chi connectivity index (χ1) is 10.1. The number of carbonyl (C=O) groups is 1. The van der Waals surface area contributed by atoms with E-state index in [0.29, 0.717) is 19.1 Å². The highest BCUT2D eigenvalue weighted by molar-refractivity contribution is 5.78. The van der Waals surface area contributed by atoms with Gasteiger partial charge in [-0.1, -0.05) is 24.6 Å².